The lowest BCUT2D eigenvalue weighted by molar-refractivity contribution is 1.25. The molecule has 24 heavy (non-hydrogen) atoms. The Morgan fingerprint density at radius 3 is 2.42 bits per heavy atom. The first-order valence-electron chi connectivity index (χ1n) is 7.71. The van der Waals surface area contributed by atoms with Crippen molar-refractivity contribution in [2.75, 3.05) is 0 Å². The SMILES string of the molecule is Cc1ccccc1C#Cc1ccnc2[nH]c(=O)c3ccccc3c12. The third kappa shape index (κ3) is 2.35. The Labute approximate surface area is 139 Å². The molecule has 3 nitrogen and oxygen atoms in total. The maximum atomic E-state index is 12.2. The van der Waals surface area contributed by atoms with Crippen LogP contribution in [0.5, 0.6) is 0 Å². The van der Waals surface area contributed by atoms with Crippen molar-refractivity contribution in [3.8, 4) is 11.8 Å². The summed E-state index contributed by atoms with van der Waals surface area (Å²) in [5, 5.41) is 2.41. The van der Waals surface area contributed by atoms with Crippen molar-refractivity contribution < 1.29 is 0 Å². The molecule has 0 saturated heterocycles. The highest BCUT2D eigenvalue weighted by molar-refractivity contribution is 6.06. The van der Waals surface area contributed by atoms with E-state index in [1.165, 1.54) is 0 Å². The van der Waals surface area contributed by atoms with E-state index >= 15 is 0 Å². The quantitative estimate of drug-likeness (QED) is 0.397. The van der Waals surface area contributed by atoms with Crippen molar-refractivity contribution in [3.63, 3.8) is 0 Å². The molecular weight excluding hydrogens is 296 g/mol. The maximum absolute atomic E-state index is 12.2. The Balaban J connectivity index is 2.03. The molecule has 2 aromatic heterocycles. The van der Waals surface area contributed by atoms with E-state index in [9.17, 15) is 4.79 Å². The van der Waals surface area contributed by atoms with Crippen LogP contribution in [0.4, 0.5) is 0 Å². The summed E-state index contributed by atoms with van der Waals surface area (Å²) in [6.07, 6.45) is 1.68. The fourth-order valence-corrected chi connectivity index (χ4v) is 2.86. The van der Waals surface area contributed by atoms with E-state index in [-0.39, 0.29) is 5.56 Å². The highest BCUT2D eigenvalue weighted by Gasteiger charge is 2.08. The Morgan fingerprint density at radius 2 is 1.58 bits per heavy atom. The first kappa shape index (κ1) is 14.2. The van der Waals surface area contributed by atoms with Crippen molar-refractivity contribution in [1.29, 1.82) is 0 Å². The van der Waals surface area contributed by atoms with Gasteiger partial charge in [0.2, 0.25) is 0 Å². The molecule has 1 N–H and O–H groups in total. The number of hydrogen-bond acceptors (Lipinski definition) is 2. The number of aryl methyl sites for hydroxylation is 1. The van der Waals surface area contributed by atoms with Gasteiger partial charge in [0.15, 0.2) is 0 Å². The van der Waals surface area contributed by atoms with Crippen LogP contribution in [-0.4, -0.2) is 9.97 Å². The van der Waals surface area contributed by atoms with E-state index < -0.39 is 0 Å². The second-order valence-corrected chi connectivity index (χ2v) is 5.65. The molecule has 0 amide bonds. The van der Waals surface area contributed by atoms with E-state index in [0.717, 1.165) is 27.5 Å². The van der Waals surface area contributed by atoms with E-state index in [1.807, 2.05) is 61.5 Å². The molecule has 0 fully saturated rings. The van der Waals surface area contributed by atoms with Gasteiger partial charge in [-0.3, -0.25) is 4.79 Å². The molecule has 0 aliphatic rings. The largest absolute Gasteiger partial charge is 0.306 e. The zero-order valence-electron chi connectivity index (χ0n) is 13.1. The van der Waals surface area contributed by atoms with Crippen LogP contribution in [0.25, 0.3) is 21.8 Å². The Kier molecular flexibility index (Phi) is 3.36. The molecule has 2 heterocycles. The van der Waals surface area contributed by atoms with Gasteiger partial charge in [0.1, 0.15) is 5.65 Å². The molecule has 4 rings (SSSR count). The number of hydrogen-bond donors (Lipinski definition) is 1. The van der Waals surface area contributed by atoms with Gasteiger partial charge in [-0.05, 0) is 36.1 Å². The Bertz CT molecular complexity index is 1190. The van der Waals surface area contributed by atoms with E-state index in [2.05, 4.69) is 21.8 Å². The molecule has 0 unspecified atom stereocenters. The van der Waals surface area contributed by atoms with Gasteiger partial charge in [-0.2, -0.15) is 0 Å². The Hall–Kier alpha value is -3.38. The normalized spacial score (nSPS) is 10.5. The smallest absolute Gasteiger partial charge is 0.257 e. The maximum Gasteiger partial charge on any atom is 0.257 e. The molecule has 0 aliphatic heterocycles. The van der Waals surface area contributed by atoms with Crippen LogP contribution < -0.4 is 5.56 Å². The number of pyridine rings is 2. The summed E-state index contributed by atoms with van der Waals surface area (Å²) in [4.78, 5) is 19.3. The van der Waals surface area contributed by atoms with E-state index in [0.29, 0.717) is 11.0 Å². The lowest BCUT2D eigenvalue weighted by Gasteiger charge is -2.04. The number of nitrogens with one attached hydrogen (secondary N) is 1. The molecule has 0 spiro atoms. The van der Waals surface area contributed by atoms with Crippen LogP contribution in [0.1, 0.15) is 16.7 Å². The fourth-order valence-electron chi connectivity index (χ4n) is 2.86. The second kappa shape index (κ2) is 5.68. The standard InChI is InChI=1S/C21H14N2O/c1-14-6-2-3-7-15(14)10-11-16-12-13-22-20-19(16)17-8-4-5-9-18(17)21(24)23-20/h2-9,12-13H,1H3,(H,22,23,24). The highest BCUT2D eigenvalue weighted by atomic mass is 16.1. The van der Waals surface area contributed by atoms with Crippen LogP contribution in [0.2, 0.25) is 0 Å². The van der Waals surface area contributed by atoms with E-state index in [4.69, 9.17) is 0 Å². The number of fused-ring (bicyclic) bond motifs is 3. The minimum atomic E-state index is -0.130. The van der Waals surface area contributed by atoms with Gasteiger partial charge in [-0.25, -0.2) is 4.98 Å². The molecule has 0 bridgehead atoms. The summed E-state index contributed by atoms with van der Waals surface area (Å²) in [6, 6.07) is 17.5. The first-order chi connectivity index (χ1) is 11.7. The third-order valence-electron chi connectivity index (χ3n) is 4.10. The summed E-state index contributed by atoms with van der Waals surface area (Å²) < 4.78 is 0. The minimum absolute atomic E-state index is 0.130. The van der Waals surface area contributed by atoms with Crippen molar-refractivity contribution in [2.45, 2.75) is 6.92 Å². The molecule has 0 saturated carbocycles. The first-order valence-corrected chi connectivity index (χ1v) is 7.71. The average Bonchev–Trinajstić information content (AvgIpc) is 2.61. The van der Waals surface area contributed by atoms with Gasteiger partial charge in [-0.15, -0.1) is 0 Å². The summed E-state index contributed by atoms with van der Waals surface area (Å²) in [5.74, 6) is 6.48. The molecule has 0 atom stereocenters. The summed E-state index contributed by atoms with van der Waals surface area (Å²) >= 11 is 0. The second-order valence-electron chi connectivity index (χ2n) is 5.65. The number of rotatable bonds is 0. The molecular formula is C21H14N2O. The molecule has 2 aromatic carbocycles. The number of aromatic nitrogens is 2. The van der Waals surface area contributed by atoms with Crippen LogP contribution in [0.3, 0.4) is 0 Å². The fraction of sp³-hybridized carbons (Fsp3) is 0.0476. The monoisotopic (exact) mass is 310 g/mol. The molecule has 0 aliphatic carbocycles. The number of H-pyrrole nitrogens is 1. The summed E-state index contributed by atoms with van der Waals surface area (Å²) in [7, 11) is 0. The lowest BCUT2D eigenvalue weighted by Crippen LogP contribution is -2.07. The predicted molar refractivity (Wildman–Crippen MR) is 97.0 cm³/mol. The molecule has 3 heteroatoms. The van der Waals surface area contributed by atoms with Crippen molar-refractivity contribution in [3.05, 3.63) is 87.8 Å². The number of aromatic amines is 1. The molecule has 0 radical (unpaired) electrons. The highest BCUT2D eigenvalue weighted by Crippen LogP contribution is 2.22. The number of benzene rings is 2. The molecule has 4 aromatic rings. The van der Waals surface area contributed by atoms with E-state index in [1.54, 1.807) is 6.20 Å². The van der Waals surface area contributed by atoms with Crippen LogP contribution in [-0.2, 0) is 0 Å². The van der Waals surface area contributed by atoms with Crippen LogP contribution >= 0.6 is 0 Å². The zero-order valence-corrected chi connectivity index (χ0v) is 13.1. The van der Waals surface area contributed by atoms with Gasteiger partial charge in [-0.1, -0.05) is 48.2 Å². The van der Waals surface area contributed by atoms with Gasteiger partial charge in [0.25, 0.3) is 5.56 Å². The summed E-state index contributed by atoms with van der Waals surface area (Å²) in [6.45, 7) is 2.04. The number of nitrogens with zero attached hydrogens (tertiary/aromatic N) is 1. The third-order valence-corrected chi connectivity index (χ3v) is 4.10. The van der Waals surface area contributed by atoms with Gasteiger partial charge >= 0.3 is 0 Å². The lowest BCUT2D eigenvalue weighted by atomic mass is 10.0. The van der Waals surface area contributed by atoms with Gasteiger partial charge in [0.05, 0.1) is 0 Å². The zero-order chi connectivity index (χ0) is 16.5. The Morgan fingerprint density at radius 1 is 0.875 bits per heavy atom. The molecule has 114 valence electrons. The average molecular weight is 310 g/mol. The summed E-state index contributed by atoms with van der Waals surface area (Å²) in [5.41, 5.74) is 3.43. The van der Waals surface area contributed by atoms with Crippen molar-refractivity contribution >= 4 is 21.8 Å². The van der Waals surface area contributed by atoms with Crippen molar-refractivity contribution in [1.82, 2.24) is 9.97 Å². The topological polar surface area (TPSA) is 45.8 Å². The van der Waals surface area contributed by atoms with Gasteiger partial charge < -0.3 is 4.98 Å². The van der Waals surface area contributed by atoms with Crippen LogP contribution in [0.15, 0.2) is 65.6 Å². The van der Waals surface area contributed by atoms with Crippen molar-refractivity contribution in [2.24, 2.45) is 0 Å². The van der Waals surface area contributed by atoms with Gasteiger partial charge in [0, 0.05) is 28.1 Å². The van der Waals surface area contributed by atoms with Crippen LogP contribution in [0, 0.1) is 18.8 Å². The predicted octanol–water partition coefficient (Wildman–Crippen LogP) is 3.78. The minimum Gasteiger partial charge on any atom is -0.306 e.